The van der Waals surface area contributed by atoms with Gasteiger partial charge in [-0.3, -0.25) is 4.90 Å². The molecule has 1 aliphatic rings. The highest BCUT2D eigenvalue weighted by atomic mass is 35.5. The minimum atomic E-state index is 0.521. The average Bonchev–Trinajstić information content (AvgIpc) is 2.49. The summed E-state index contributed by atoms with van der Waals surface area (Å²) in [5.74, 6) is 0. The zero-order valence-corrected chi connectivity index (χ0v) is 13.7. The van der Waals surface area contributed by atoms with Crippen molar-refractivity contribution in [2.45, 2.75) is 32.4 Å². The number of nitrogens with one attached hydrogen (secondary N) is 1. The maximum atomic E-state index is 5.93. The second-order valence-corrected chi connectivity index (χ2v) is 6.44. The van der Waals surface area contributed by atoms with Crippen LogP contribution in [-0.4, -0.2) is 29.0 Å². The lowest BCUT2D eigenvalue weighted by Gasteiger charge is -2.33. The van der Waals surface area contributed by atoms with Crippen molar-refractivity contribution >= 4 is 17.3 Å². The molecule has 1 aliphatic heterocycles. The number of pyridine rings is 1. The molecule has 4 heteroatoms. The number of hydrogen-bond donors (Lipinski definition) is 1. The molecule has 0 aliphatic carbocycles. The zero-order chi connectivity index (χ0) is 15.4. The molecule has 116 valence electrons. The number of rotatable bonds is 4. The number of aromatic nitrogens is 1. The van der Waals surface area contributed by atoms with Gasteiger partial charge in [-0.15, -0.1) is 0 Å². The van der Waals surface area contributed by atoms with Crippen LogP contribution in [0.15, 0.2) is 42.6 Å². The van der Waals surface area contributed by atoms with Crippen molar-refractivity contribution in [2.75, 3.05) is 18.4 Å². The Morgan fingerprint density at radius 3 is 2.77 bits per heavy atom. The van der Waals surface area contributed by atoms with Crippen LogP contribution in [0.25, 0.3) is 0 Å². The van der Waals surface area contributed by atoms with Crippen molar-refractivity contribution < 1.29 is 0 Å². The lowest BCUT2D eigenvalue weighted by Crippen LogP contribution is -2.38. The molecule has 0 atom stereocenters. The maximum absolute atomic E-state index is 5.93. The van der Waals surface area contributed by atoms with E-state index in [1.165, 1.54) is 11.1 Å². The van der Waals surface area contributed by atoms with E-state index < -0.39 is 0 Å². The van der Waals surface area contributed by atoms with Crippen LogP contribution >= 0.6 is 11.6 Å². The van der Waals surface area contributed by atoms with Gasteiger partial charge in [0.05, 0.1) is 0 Å². The molecule has 22 heavy (non-hydrogen) atoms. The Hall–Kier alpha value is -1.58. The number of hydrogen-bond acceptors (Lipinski definition) is 3. The number of halogens is 1. The molecule has 1 fully saturated rings. The number of likely N-dealkylation sites (tertiary alicyclic amines) is 1. The van der Waals surface area contributed by atoms with Crippen molar-refractivity contribution in [3.63, 3.8) is 0 Å². The summed E-state index contributed by atoms with van der Waals surface area (Å²) in [7, 11) is 0. The number of benzene rings is 1. The first-order valence-corrected chi connectivity index (χ1v) is 8.23. The molecule has 1 aromatic carbocycles. The Kier molecular flexibility index (Phi) is 4.96. The first kappa shape index (κ1) is 15.3. The summed E-state index contributed by atoms with van der Waals surface area (Å²) in [6.45, 7) is 5.46. The van der Waals surface area contributed by atoms with Gasteiger partial charge in [-0.2, -0.15) is 0 Å². The van der Waals surface area contributed by atoms with E-state index in [9.17, 15) is 0 Å². The molecule has 3 rings (SSSR count). The third-order valence-electron chi connectivity index (χ3n) is 4.17. The number of aryl methyl sites for hydroxylation is 1. The minimum Gasteiger partial charge on any atom is -0.382 e. The third-order valence-corrected chi connectivity index (χ3v) is 4.38. The van der Waals surface area contributed by atoms with Crippen LogP contribution in [0, 0.1) is 6.92 Å². The van der Waals surface area contributed by atoms with E-state index in [1.54, 1.807) is 6.20 Å². The Morgan fingerprint density at radius 2 is 2.05 bits per heavy atom. The summed E-state index contributed by atoms with van der Waals surface area (Å²) in [6.07, 6.45) is 4.06. The minimum absolute atomic E-state index is 0.521. The van der Waals surface area contributed by atoms with E-state index in [4.69, 9.17) is 11.6 Å². The fourth-order valence-electron chi connectivity index (χ4n) is 3.03. The highest BCUT2D eigenvalue weighted by Crippen LogP contribution is 2.19. The predicted molar refractivity (Wildman–Crippen MR) is 92.3 cm³/mol. The Bertz CT molecular complexity index is 566. The molecule has 0 unspecified atom stereocenters. The predicted octanol–water partition coefficient (Wildman–Crippen LogP) is 4.12. The molecule has 0 bridgehead atoms. The van der Waals surface area contributed by atoms with Crippen LogP contribution in [-0.2, 0) is 6.54 Å². The number of piperidine rings is 1. The van der Waals surface area contributed by atoms with Crippen molar-refractivity contribution in [3.8, 4) is 0 Å². The molecule has 0 radical (unpaired) electrons. The molecular formula is C18H22ClN3. The van der Waals surface area contributed by atoms with Crippen LogP contribution in [0.5, 0.6) is 0 Å². The zero-order valence-electron chi connectivity index (χ0n) is 12.9. The van der Waals surface area contributed by atoms with Crippen LogP contribution in [0.3, 0.4) is 0 Å². The lowest BCUT2D eigenvalue weighted by molar-refractivity contribution is 0.211. The highest BCUT2D eigenvalue weighted by Gasteiger charge is 2.19. The molecule has 0 spiro atoms. The Labute approximate surface area is 137 Å². The van der Waals surface area contributed by atoms with E-state index in [0.717, 1.165) is 38.2 Å². The van der Waals surface area contributed by atoms with E-state index in [-0.39, 0.29) is 0 Å². The van der Waals surface area contributed by atoms with Gasteiger partial charge in [0.1, 0.15) is 5.15 Å². The molecule has 0 amide bonds. The van der Waals surface area contributed by atoms with Crippen LogP contribution in [0.2, 0.25) is 5.15 Å². The fourth-order valence-corrected chi connectivity index (χ4v) is 3.21. The van der Waals surface area contributed by atoms with Gasteiger partial charge in [0.25, 0.3) is 0 Å². The van der Waals surface area contributed by atoms with Gasteiger partial charge in [0, 0.05) is 37.6 Å². The summed E-state index contributed by atoms with van der Waals surface area (Å²) in [4.78, 5) is 6.55. The van der Waals surface area contributed by atoms with Gasteiger partial charge in [0.2, 0.25) is 0 Å². The topological polar surface area (TPSA) is 28.2 Å². The van der Waals surface area contributed by atoms with Gasteiger partial charge < -0.3 is 5.32 Å². The van der Waals surface area contributed by atoms with Crippen LogP contribution in [0.4, 0.5) is 5.69 Å². The first-order valence-electron chi connectivity index (χ1n) is 7.85. The summed E-state index contributed by atoms with van der Waals surface area (Å²) in [5, 5.41) is 4.11. The van der Waals surface area contributed by atoms with Gasteiger partial charge in [-0.05, 0) is 37.5 Å². The molecule has 1 aromatic heterocycles. The normalized spacial score (nSPS) is 16.6. The van der Waals surface area contributed by atoms with Gasteiger partial charge in [-0.25, -0.2) is 4.98 Å². The number of nitrogens with zero attached hydrogens (tertiary/aromatic N) is 2. The first-order chi connectivity index (χ1) is 10.7. The third kappa shape index (κ3) is 4.21. The van der Waals surface area contributed by atoms with E-state index in [0.29, 0.717) is 11.2 Å². The van der Waals surface area contributed by atoms with Crippen molar-refractivity contribution in [3.05, 3.63) is 58.9 Å². The fraction of sp³-hybridized carbons (Fsp3) is 0.389. The monoisotopic (exact) mass is 315 g/mol. The average molecular weight is 316 g/mol. The van der Waals surface area contributed by atoms with Crippen molar-refractivity contribution in [2.24, 2.45) is 0 Å². The Balaban J connectivity index is 1.50. The standard InChI is InChI=1S/C18H22ClN3/c1-14-3-2-4-15(11-14)13-22-9-6-16(7-10-22)21-17-5-8-20-18(19)12-17/h2-5,8,11-12,16H,6-7,9-10,13H2,1H3,(H,20,21). The lowest BCUT2D eigenvalue weighted by atomic mass is 10.0. The van der Waals surface area contributed by atoms with Crippen LogP contribution in [0.1, 0.15) is 24.0 Å². The van der Waals surface area contributed by atoms with Crippen LogP contribution < -0.4 is 5.32 Å². The maximum Gasteiger partial charge on any atom is 0.131 e. The quantitative estimate of drug-likeness (QED) is 0.860. The largest absolute Gasteiger partial charge is 0.382 e. The molecular weight excluding hydrogens is 294 g/mol. The molecule has 2 aromatic rings. The highest BCUT2D eigenvalue weighted by molar-refractivity contribution is 6.29. The van der Waals surface area contributed by atoms with Crippen molar-refractivity contribution in [1.29, 1.82) is 0 Å². The SMILES string of the molecule is Cc1cccc(CN2CCC(Nc3ccnc(Cl)c3)CC2)c1. The molecule has 3 nitrogen and oxygen atoms in total. The van der Waals surface area contributed by atoms with Gasteiger partial charge in [-0.1, -0.05) is 41.4 Å². The Morgan fingerprint density at radius 1 is 1.23 bits per heavy atom. The van der Waals surface area contributed by atoms with E-state index >= 15 is 0 Å². The van der Waals surface area contributed by atoms with Gasteiger partial charge in [0.15, 0.2) is 0 Å². The number of anilines is 1. The molecule has 0 saturated carbocycles. The van der Waals surface area contributed by atoms with E-state index in [1.807, 2.05) is 12.1 Å². The summed E-state index contributed by atoms with van der Waals surface area (Å²) in [5.41, 5.74) is 3.81. The second-order valence-electron chi connectivity index (χ2n) is 6.05. The molecule has 1 saturated heterocycles. The van der Waals surface area contributed by atoms with E-state index in [2.05, 4.69) is 46.4 Å². The molecule has 2 heterocycles. The summed E-state index contributed by atoms with van der Waals surface area (Å²) < 4.78 is 0. The van der Waals surface area contributed by atoms with Gasteiger partial charge >= 0.3 is 0 Å². The van der Waals surface area contributed by atoms with Crippen molar-refractivity contribution in [1.82, 2.24) is 9.88 Å². The summed E-state index contributed by atoms with van der Waals surface area (Å²) in [6, 6.07) is 13.2. The summed E-state index contributed by atoms with van der Waals surface area (Å²) >= 11 is 5.93. The smallest absolute Gasteiger partial charge is 0.131 e. The molecule has 1 N–H and O–H groups in total. The second kappa shape index (κ2) is 7.12.